The van der Waals surface area contributed by atoms with Crippen LogP contribution in [0.4, 0.5) is 5.69 Å². The smallest absolute Gasteiger partial charge is 0.273 e. The second-order valence-electron chi connectivity index (χ2n) is 6.28. The van der Waals surface area contributed by atoms with Gasteiger partial charge in [-0.3, -0.25) is 14.9 Å². The summed E-state index contributed by atoms with van der Waals surface area (Å²) < 4.78 is 5.28. The number of non-ortho nitro benzene ring substituents is 1. The zero-order chi connectivity index (χ0) is 19.1. The Kier molecular flexibility index (Phi) is 8.71. The first-order chi connectivity index (χ1) is 12.4. The number of benzene rings is 2. The highest BCUT2D eigenvalue weighted by Gasteiger charge is 2.11. The first-order valence-corrected chi connectivity index (χ1v) is 8.36. The number of ether oxygens (including phenoxy) is 1. The van der Waals surface area contributed by atoms with Gasteiger partial charge in [-0.1, -0.05) is 44.2 Å². The third-order valence-corrected chi connectivity index (χ3v) is 3.95. The first-order valence-electron chi connectivity index (χ1n) is 8.36. The van der Waals surface area contributed by atoms with Crippen LogP contribution in [-0.4, -0.2) is 24.0 Å². The van der Waals surface area contributed by atoms with E-state index in [1.165, 1.54) is 23.8 Å². The van der Waals surface area contributed by atoms with Gasteiger partial charge in [-0.25, -0.2) is 0 Å². The van der Waals surface area contributed by atoms with Crippen molar-refractivity contribution in [3.05, 3.63) is 69.8 Å². The summed E-state index contributed by atoms with van der Waals surface area (Å²) in [5.41, 5.74) is 8.18. The van der Waals surface area contributed by atoms with Gasteiger partial charge in [0.2, 0.25) is 0 Å². The minimum absolute atomic E-state index is 0. The van der Waals surface area contributed by atoms with Crippen molar-refractivity contribution >= 4 is 24.0 Å². The summed E-state index contributed by atoms with van der Waals surface area (Å²) in [6.07, 6.45) is 0. The number of carbonyl (C=O) groups is 1. The van der Waals surface area contributed by atoms with Gasteiger partial charge in [0.1, 0.15) is 5.75 Å². The minimum atomic E-state index is -0.517. The molecule has 0 aliphatic rings. The van der Waals surface area contributed by atoms with Crippen molar-refractivity contribution in [2.75, 3.05) is 13.2 Å². The maximum absolute atomic E-state index is 11.9. The highest BCUT2D eigenvalue weighted by atomic mass is 35.5. The molecular formula is C19H24ClN3O4. The molecule has 0 aliphatic carbocycles. The highest BCUT2D eigenvalue weighted by Crippen LogP contribution is 2.19. The number of halogens is 1. The van der Waals surface area contributed by atoms with Crippen LogP contribution in [0.1, 0.15) is 36.9 Å². The van der Waals surface area contributed by atoms with Crippen molar-refractivity contribution < 1.29 is 14.5 Å². The molecule has 0 bridgehead atoms. The Morgan fingerprint density at radius 1 is 1.19 bits per heavy atom. The van der Waals surface area contributed by atoms with E-state index in [1.54, 1.807) is 6.07 Å². The molecule has 1 atom stereocenters. The second-order valence-corrected chi connectivity index (χ2v) is 6.28. The van der Waals surface area contributed by atoms with Crippen LogP contribution in [0, 0.1) is 10.1 Å². The average Bonchev–Trinajstić information content (AvgIpc) is 2.64. The summed E-state index contributed by atoms with van der Waals surface area (Å²) in [5, 5.41) is 13.4. The Balaban J connectivity index is 0.00000364. The van der Waals surface area contributed by atoms with Crippen molar-refractivity contribution in [3.8, 4) is 5.75 Å². The van der Waals surface area contributed by atoms with Gasteiger partial charge in [0.25, 0.3) is 11.6 Å². The molecule has 1 unspecified atom stereocenters. The molecule has 146 valence electrons. The van der Waals surface area contributed by atoms with Crippen LogP contribution >= 0.6 is 12.4 Å². The number of nitro groups is 1. The Hall–Kier alpha value is -2.64. The fraction of sp³-hybridized carbons (Fsp3) is 0.316. The zero-order valence-corrected chi connectivity index (χ0v) is 16.1. The number of carbonyl (C=O) groups excluding carboxylic acids is 1. The lowest BCUT2D eigenvalue weighted by molar-refractivity contribution is -0.384. The SMILES string of the molecule is CC(C)c1ccc(C(N)CNC(=O)COc2cccc([N+](=O)[O-])c2)cc1.Cl. The van der Waals surface area contributed by atoms with Gasteiger partial charge in [0.05, 0.1) is 11.0 Å². The lowest BCUT2D eigenvalue weighted by Crippen LogP contribution is -2.35. The molecule has 1 amide bonds. The summed E-state index contributed by atoms with van der Waals surface area (Å²) in [6.45, 7) is 4.28. The van der Waals surface area contributed by atoms with Gasteiger partial charge in [-0.15, -0.1) is 12.4 Å². The molecule has 0 saturated heterocycles. The molecule has 3 N–H and O–H groups in total. The molecule has 2 rings (SSSR count). The molecule has 2 aromatic carbocycles. The largest absolute Gasteiger partial charge is 0.484 e. The van der Waals surface area contributed by atoms with Gasteiger partial charge >= 0.3 is 0 Å². The molecule has 0 heterocycles. The molecule has 0 spiro atoms. The second kappa shape index (κ2) is 10.5. The van der Waals surface area contributed by atoms with Crippen molar-refractivity contribution in [1.82, 2.24) is 5.32 Å². The number of nitrogens with two attached hydrogens (primary N) is 1. The molecule has 8 heteroatoms. The summed E-state index contributed by atoms with van der Waals surface area (Å²) in [6, 6.07) is 13.4. The molecule has 0 radical (unpaired) electrons. The Bertz CT molecular complexity index is 766. The van der Waals surface area contributed by atoms with Gasteiger partial charge in [-0.2, -0.15) is 0 Å². The quantitative estimate of drug-likeness (QED) is 0.528. The fourth-order valence-electron chi connectivity index (χ4n) is 2.36. The number of nitro benzene ring substituents is 1. The standard InChI is InChI=1S/C19H23N3O4.ClH/c1-13(2)14-6-8-15(9-7-14)18(20)11-21-19(23)12-26-17-5-3-4-16(10-17)22(24)25;/h3-10,13,18H,11-12,20H2,1-2H3,(H,21,23);1H. The van der Waals surface area contributed by atoms with Gasteiger partial charge < -0.3 is 15.8 Å². The van der Waals surface area contributed by atoms with E-state index in [4.69, 9.17) is 10.5 Å². The van der Waals surface area contributed by atoms with E-state index in [0.29, 0.717) is 5.92 Å². The van der Waals surface area contributed by atoms with Crippen LogP contribution in [0.25, 0.3) is 0 Å². The Morgan fingerprint density at radius 2 is 1.81 bits per heavy atom. The van der Waals surface area contributed by atoms with E-state index in [0.717, 1.165) is 5.56 Å². The predicted molar refractivity (Wildman–Crippen MR) is 106 cm³/mol. The molecule has 0 aliphatic heterocycles. The highest BCUT2D eigenvalue weighted by molar-refractivity contribution is 5.85. The molecule has 0 fully saturated rings. The molecular weight excluding hydrogens is 370 g/mol. The lowest BCUT2D eigenvalue weighted by Gasteiger charge is -2.15. The van der Waals surface area contributed by atoms with E-state index >= 15 is 0 Å². The summed E-state index contributed by atoms with van der Waals surface area (Å²) >= 11 is 0. The van der Waals surface area contributed by atoms with E-state index in [9.17, 15) is 14.9 Å². The number of rotatable bonds is 8. The zero-order valence-electron chi connectivity index (χ0n) is 15.3. The first kappa shape index (κ1) is 22.4. The van der Waals surface area contributed by atoms with Crippen LogP contribution in [0.15, 0.2) is 48.5 Å². The lowest BCUT2D eigenvalue weighted by atomic mass is 9.99. The number of amides is 1. The van der Waals surface area contributed by atoms with Crippen molar-refractivity contribution in [3.63, 3.8) is 0 Å². The predicted octanol–water partition coefficient (Wildman–Crippen LogP) is 3.34. The average molecular weight is 394 g/mol. The summed E-state index contributed by atoms with van der Waals surface area (Å²) in [4.78, 5) is 22.1. The van der Waals surface area contributed by atoms with E-state index in [2.05, 4.69) is 19.2 Å². The van der Waals surface area contributed by atoms with Crippen LogP contribution in [0.5, 0.6) is 5.75 Å². The van der Waals surface area contributed by atoms with E-state index < -0.39 is 4.92 Å². The monoisotopic (exact) mass is 393 g/mol. The third kappa shape index (κ3) is 6.88. The van der Waals surface area contributed by atoms with Gasteiger partial charge in [0.15, 0.2) is 6.61 Å². The molecule has 7 nitrogen and oxygen atoms in total. The van der Waals surface area contributed by atoms with Crippen LogP contribution in [0.3, 0.4) is 0 Å². The normalized spacial score (nSPS) is 11.4. The maximum atomic E-state index is 11.9. The number of hydrogen-bond acceptors (Lipinski definition) is 5. The molecule has 27 heavy (non-hydrogen) atoms. The van der Waals surface area contributed by atoms with Crippen molar-refractivity contribution in [1.29, 1.82) is 0 Å². The van der Waals surface area contributed by atoms with Crippen molar-refractivity contribution in [2.45, 2.75) is 25.8 Å². The fourth-order valence-corrected chi connectivity index (χ4v) is 2.36. The van der Waals surface area contributed by atoms with Gasteiger partial charge in [-0.05, 0) is 23.1 Å². The summed E-state index contributed by atoms with van der Waals surface area (Å²) in [7, 11) is 0. The molecule has 0 aromatic heterocycles. The number of hydrogen-bond donors (Lipinski definition) is 2. The number of nitrogens with one attached hydrogen (secondary N) is 1. The number of nitrogens with zero attached hydrogens (tertiary/aromatic N) is 1. The topological polar surface area (TPSA) is 107 Å². The van der Waals surface area contributed by atoms with E-state index in [-0.39, 0.29) is 48.9 Å². The van der Waals surface area contributed by atoms with Crippen LogP contribution < -0.4 is 15.8 Å². The van der Waals surface area contributed by atoms with Crippen LogP contribution in [-0.2, 0) is 4.79 Å². The summed E-state index contributed by atoms with van der Waals surface area (Å²) in [5.74, 6) is 0.375. The Labute approximate surface area is 164 Å². The maximum Gasteiger partial charge on any atom is 0.273 e. The van der Waals surface area contributed by atoms with Crippen molar-refractivity contribution in [2.24, 2.45) is 5.73 Å². The molecule has 0 saturated carbocycles. The Morgan fingerprint density at radius 3 is 2.41 bits per heavy atom. The van der Waals surface area contributed by atoms with Crippen LogP contribution in [0.2, 0.25) is 0 Å². The minimum Gasteiger partial charge on any atom is -0.484 e. The van der Waals surface area contributed by atoms with E-state index in [1.807, 2.05) is 24.3 Å². The van der Waals surface area contributed by atoms with Gasteiger partial charge in [0, 0.05) is 18.7 Å². The third-order valence-electron chi connectivity index (χ3n) is 3.95. The molecule has 2 aromatic rings.